The summed E-state index contributed by atoms with van der Waals surface area (Å²) in [5.74, 6) is -0.348. The highest BCUT2D eigenvalue weighted by Crippen LogP contribution is 2.51. The third-order valence-corrected chi connectivity index (χ3v) is 8.59. The highest BCUT2D eigenvalue weighted by molar-refractivity contribution is 5.81. The van der Waals surface area contributed by atoms with E-state index in [1.807, 2.05) is 6.92 Å². The molecule has 0 saturated heterocycles. The van der Waals surface area contributed by atoms with Crippen LogP contribution < -0.4 is 0 Å². The first kappa shape index (κ1) is 25.2. The number of aliphatic carboxylic acids is 1. The minimum absolute atomic E-state index is 0.0396. The van der Waals surface area contributed by atoms with Crippen molar-refractivity contribution in [2.45, 2.75) is 105 Å². The van der Waals surface area contributed by atoms with Crippen LogP contribution in [0.1, 0.15) is 105 Å². The van der Waals surface area contributed by atoms with E-state index >= 15 is 0 Å². The largest absolute Gasteiger partial charge is 0.481 e. The van der Waals surface area contributed by atoms with Crippen LogP contribution >= 0.6 is 0 Å². The van der Waals surface area contributed by atoms with Crippen molar-refractivity contribution in [2.75, 3.05) is 6.61 Å². The Morgan fingerprint density at radius 3 is 2.40 bits per heavy atom. The zero-order chi connectivity index (χ0) is 22.3. The summed E-state index contributed by atoms with van der Waals surface area (Å²) in [5.41, 5.74) is 0.150. The van der Waals surface area contributed by atoms with Crippen LogP contribution in [0.4, 0.5) is 0 Å². The molecular formula is C26H46O4. The molecule has 2 aliphatic rings. The van der Waals surface area contributed by atoms with E-state index in [9.17, 15) is 14.7 Å². The van der Waals surface area contributed by atoms with Crippen LogP contribution in [0.15, 0.2) is 0 Å². The summed E-state index contributed by atoms with van der Waals surface area (Å²) in [4.78, 5) is 24.6. The lowest BCUT2D eigenvalue weighted by Gasteiger charge is -2.49. The summed E-state index contributed by atoms with van der Waals surface area (Å²) < 4.78 is 5.84. The van der Waals surface area contributed by atoms with Crippen molar-refractivity contribution in [1.82, 2.24) is 0 Å². The fourth-order valence-corrected chi connectivity index (χ4v) is 6.47. The predicted molar refractivity (Wildman–Crippen MR) is 121 cm³/mol. The van der Waals surface area contributed by atoms with Crippen molar-refractivity contribution in [1.29, 1.82) is 0 Å². The number of hydrogen-bond donors (Lipinski definition) is 1. The quantitative estimate of drug-likeness (QED) is 0.314. The number of hydrogen-bond acceptors (Lipinski definition) is 3. The van der Waals surface area contributed by atoms with Gasteiger partial charge in [0.1, 0.15) is 0 Å². The fourth-order valence-electron chi connectivity index (χ4n) is 6.47. The van der Waals surface area contributed by atoms with Crippen molar-refractivity contribution in [3.8, 4) is 0 Å². The smallest absolute Gasteiger partial charge is 0.309 e. The molecule has 0 radical (unpaired) electrons. The van der Waals surface area contributed by atoms with Crippen LogP contribution in [0.5, 0.6) is 0 Å². The molecule has 0 spiro atoms. The number of carboxylic acid groups (broad SMARTS) is 1. The molecule has 4 nitrogen and oxygen atoms in total. The van der Waals surface area contributed by atoms with Gasteiger partial charge in [0.25, 0.3) is 0 Å². The van der Waals surface area contributed by atoms with Gasteiger partial charge in [-0.05, 0) is 61.2 Å². The number of ether oxygens (including phenoxy) is 1. The Hall–Kier alpha value is -1.06. The average Bonchev–Trinajstić information content (AvgIpc) is 2.70. The average molecular weight is 423 g/mol. The second kappa shape index (κ2) is 11.5. The minimum Gasteiger partial charge on any atom is -0.481 e. The van der Waals surface area contributed by atoms with E-state index in [2.05, 4.69) is 27.7 Å². The Kier molecular flexibility index (Phi) is 9.68. The molecule has 0 heterocycles. The Balaban J connectivity index is 1.99. The lowest BCUT2D eigenvalue weighted by atomic mass is 9.56. The number of carboxylic acids is 1. The first-order valence-electron chi connectivity index (χ1n) is 12.6. The lowest BCUT2D eigenvalue weighted by Crippen LogP contribution is -2.44. The molecule has 2 aliphatic carbocycles. The van der Waals surface area contributed by atoms with Crippen molar-refractivity contribution in [2.24, 2.45) is 40.9 Å². The molecule has 1 N–H and O–H groups in total. The second-order valence-electron chi connectivity index (χ2n) is 10.7. The van der Waals surface area contributed by atoms with Gasteiger partial charge in [-0.3, -0.25) is 9.59 Å². The Morgan fingerprint density at radius 2 is 1.77 bits per heavy atom. The molecule has 6 unspecified atom stereocenters. The molecule has 0 aromatic carbocycles. The Bertz CT molecular complexity index is 555. The maximum absolute atomic E-state index is 12.9. The van der Waals surface area contributed by atoms with Crippen LogP contribution in [0.3, 0.4) is 0 Å². The zero-order valence-corrected chi connectivity index (χ0v) is 20.1. The number of carbonyl (C=O) groups is 2. The van der Waals surface area contributed by atoms with E-state index in [-0.39, 0.29) is 17.3 Å². The summed E-state index contributed by atoms with van der Waals surface area (Å²) in [6, 6.07) is 0. The van der Waals surface area contributed by atoms with E-state index in [1.165, 1.54) is 44.9 Å². The van der Waals surface area contributed by atoms with Gasteiger partial charge in [-0.1, -0.05) is 73.1 Å². The molecular weight excluding hydrogens is 376 g/mol. The van der Waals surface area contributed by atoms with Crippen molar-refractivity contribution >= 4 is 11.9 Å². The van der Waals surface area contributed by atoms with Crippen LogP contribution in [0.2, 0.25) is 0 Å². The van der Waals surface area contributed by atoms with Gasteiger partial charge in [-0.15, -0.1) is 0 Å². The number of esters is 1. The molecule has 2 rings (SSSR count). The van der Waals surface area contributed by atoms with Crippen LogP contribution in [-0.2, 0) is 14.3 Å². The number of rotatable bonds is 10. The van der Waals surface area contributed by atoms with E-state index in [0.29, 0.717) is 24.9 Å². The maximum atomic E-state index is 12.9. The second-order valence-corrected chi connectivity index (χ2v) is 10.7. The van der Waals surface area contributed by atoms with Crippen molar-refractivity contribution in [3.05, 3.63) is 0 Å². The highest BCUT2D eigenvalue weighted by atomic mass is 16.5. The standard InChI is InChI=1S/C26H46O4/c1-6-8-9-10-14-22-19(7-2)15-16-20(26(22,4)5)17-30-25(29)21-13-11-12-18(3)23(21)24(27)28/h18-23H,6-17H2,1-5H3,(H,27,28). The molecule has 0 bridgehead atoms. The third-order valence-electron chi connectivity index (χ3n) is 8.59. The van der Waals surface area contributed by atoms with Gasteiger partial charge in [0.2, 0.25) is 0 Å². The van der Waals surface area contributed by atoms with E-state index in [1.54, 1.807) is 0 Å². The first-order valence-corrected chi connectivity index (χ1v) is 12.6. The SMILES string of the molecule is CCCCCCC1C(CC)CCC(COC(=O)C2CCCC(C)C2C(=O)O)C1(C)C. The molecule has 6 atom stereocenters. The molecule has 2 fully saturated rings. The summed E-state index contributed by atoms with van der Waals surface area (Å²) in [7, 11) is 0. The molecule has 0 amide bonds. The van der Waals surface area contributed by atoms with E-state index < -0.39 is 17.8 Å². The highest BCUT2D eigenvalue weighted by Gasteiger charge is 2.45. The molecule has 0 aliphatic heterocycles. The van der Waals surface area contributed by atoms with Gasteiger partial charge in [0, 0.05) is 0 Å². The van der Waals surface area contributed by atoms with Crippen molar-refractivity contribution < 1.29 is 19.4 Å². The normalized spacial score (nSPS) is 33.8. The minimum atomic E-state index is -0.847. The summed E-state index contributed by atoms with van der Waals surface area (Å²) in [6.07, 6.45) is 12.5. The third kappa shape index (κ3) is 6.01. The van der Waals surface area contributed by atoms with Gasteiger partial charge in [-0.25, -0.2) is 0 Å². The first-order chi connectivity index (χ1) is 14.2. The molecule has 2 saturated carbocycles. The Morgan fingerprint density at radius 1 is 1.03 bits per heavy atom. The molecule has 174 valence electrons. The topological polar surface area (TPSA) is 63.6 Å². The molecule has 4 heteroatoms. The van der Waals surface area contributed by atoms with Crippen LogP contribution in [0, 0.1) is 40.9 Å². The summed E-state index contributed by atoms with van der Waals surface area (Å²) in [6.45, 7) is 11.7. The van der Waals surface area contributed by atoms with E-state index in [4.69, 9.17) is 4.74 Å². The predicted octanol–water partition coefficient (Wildman–Crippen LogP) is 6.72. The zero-order valence-electron chi connectivity index (χ0n) is 20.1. The molecule has 0 aromatic heterocycles. The molecule has 30 heavy (non-hydrogen) atoms. The van der Waals surface area contributed by atoms with E-state index in [0.717, 1.165) is 25.2 Å². The maximum Gasteiger partial charge on any atom is 0.309 e. The monoisotopic (exact) mass is 422 g/mol. The van der Waals surface area contributed by atoms with Gasteiger partial charge in [0.15, 0.2) is 0 Å². The lowest BCUT2D eigenvalue weighted by molar-refractivity contribution is -0.165. The number of carbonyl (C=O) groups excluding carboxylic acids is 1. The molecule has 0 aromatic rings. The van der Waals surface area contributed by atoms with Gasteiger partial charge < -0.3 is 9.84 Å². The fraction of sp³-hybridized carbons (Fsp3) is 0.923. The van der Waals surface area contributed by atoms with Gasteiger partial charge in [0.05, 0.1) is 18.4 Å². The van der Waals surface area contributed by atoms with Crippen LogP contribution in [-0.4, -0.2) is 23.7 Å². The summed E-state index contributed by atoms with van der Waals surface area (Å²) in [5, 5.41) is 9.63. The Labute approximate surface area is 184 Å². The summed E-state index contributed by atoms with van der Waals surface area (Å²) >= 11 is 0. The number of unbranched alkanes of at least 4 members (excludes halogenated alkanes) is 3. The van der Waals surface area contributed by atoms with Gasteiger partial charge in [-0.2, -0.15) is 0 Å². The van der Waals surface area contributed by atoms with Crippen molar-refractivity contribution in [3.63, 3.8) is 0 Å². The van der Waals surface area contributed by atoms with Gasteiger partial charge >= 0.3 is 11.9 Å². The van der Waals surface area contributed by atoms with Crippen LogP contribution in [0.25, 0.3) is 0 Å².